The highest BCUT2D eigenvalue weighted by atomic mass is 32.2. The molecule has 0 aliphatic carbocycles. The topological polar surface area (TPSA) is 55.2 Å². The number of nitrogens with zero attached hydrogens (tertiary/aromatic N) is 3. The summed E-state index contributed by atoms with van der Waals surface area (Å²) in [6, 6.07) is 7.69. The van der Waals surface area contributed by atoms with Gasteiger partial charge < -0.3 is 4.57 Å². The molecule has 5 nitrogen and oxygen atoms in total. The predicted octanol–water partition coefficient (Wildman–Crippen LogP) is 3.15. The van der Waals surface area contributed by atoms with Crippen molar-refractivity contribution in [2.24, 2.45) is 0 Å². The molecule has 0 radical (unpaired) electrons. The molecule has 22 heavy (non-hydrogen) atoms. The van der Waals surface area contributed by atoms with Gasteiger partial charge in [-0.2, -0.15) is 8.42 Å². The molecule has 2 heterocycles. The number of rotatable bonds is 3. The predicted molar refractivity (Wildman–Crippen MR) is 88.9 cm³/mol. The van der Waals surface area contributed by atoms with E-state index in [0.717, 1.165) is 16.3 Å². The van der Waals surface area contributed by atoms with Crippen LogP contribution < -0.4 is 4.31 Å². The van der Waals surface area contributed by atoms with Crippen molar-refractivity contribution in [2.45, 2.75) is 42.8 Å². The van der Waals surface area contributed by atoms with Gasteiger partial charge in [0.2, 0.25) is 0 Å². The SMILES string of the molecule is CC(C)n1cnc(S(=O)(=O)N2c3ccccc3SC[C@@H]2C)c1. The Morgan fingerprint density at radius 1 is 1.32 bits per heavy atom. The van der Waals surface area contributed by atoms with Gasteiger partial charge in [-0.15, -0.1) is 11.8 Å². The molecule has 0 saturated carbocycles. The van der Waals surface area contributed by atoms with E-state index in [1.54, 1.807) is 24.3 Å². The number of fused-ring (bicyclic) bond motifs is 1. The average molecular weight is 337 g/mol. The lowest BCUT2D eigenvalue weighted by molar-refractivity contribution is 0.578. The number of anilines is 1. The highest BCUT2D eigenvalue weighted by Gasteiger charge is 2.35. The minimum Gasteiger partial charge on any atom is -0.334 e. The Morgan fingerprint density at radius 3 is 2.73 bits per heavy atom. The standard InChI is InChI=1S/C15H19N3O2S2/c1-11(2)17-8-15(16-10-17)22(19,20)18-12(3)9-21-14-7-5-4-6-13(14)18/h4-8,10-12H,9H2,1-3H3/t12-/m0/s1. The third-order valence-electron chi connectivity index (χ3n) is 3.68. The number of hydrogen-bond donors (Lipinski definition) is 0. The van der Waals surface area contributed by atoms with Gasteiger partial charge in [-0.25, -0.2) is 4.98 Å². The van der Waals surface area contributed by atoms with E-state index in [1.807, 2.05) is 49.6 Å². The van der Waals surface area contributed by atoms with Crippen molar-refractivity contribution < 1.29 is 8.42 Å². The molecule has 2 aromatic rings. The molecule has 0 saturated heterocycles. The normalized spacial score (nSPS) is 18.5. The number of hydrogen-bond acceptors (Lipinski definition) is 4. The third-order valence-corrected chi connectivity index (χ3v) is 6.80. The first-order chi connectivity index (χ1) is 10.4. The molecule has 1 aliphatic rings. The molecule has 1 aromatic carbocycles. The molecule has 3 rings (SSSR count). The number of thioether (sulfide) groups is 1. The lowest BCUT2D eigenvalue weighted by Gasteiger charge is -2.34. The van der Waals surface area contributed by atoms with Crippen LogP contribution >= 0.6 is 11.8 Å². The summed E-state index contributed by atoms with van der Waals surface area (Å²) in [6.07, 6.45) is 3.18. The van der Waals surface area contributed by atoms with Crippen LogP contribution in [-0.4, -0.2) is 29.8 Å². The minimum absolute atomic E-state index is 0.103. The Hall–Kier alpha value is -1.47. The van der Waals surface area contributed by atoms with Crippen LogP contribution in [-0.2, 0) is 10.0 Å². The summed E-state index contributed by atoms with van der Waals surface area (Å²) >= 11 is 1.69. The number of imidazole rings is 1. The summed E-state index contributed by atoms with van der Waals surface area (Å²) in [7, 11) is -3.65. The molecule has 0 spiro atoms. The summed E-state index contributed by atoms with van der Waals surface area (Å²) in [5.41, 5.74) is 0.741. The Balaban J connectivity index is 2.08. The van der Waals surface area contributed by atoms with E-state index in [9.17, 15) is 8.42 Å². The second-order valence-electron chi connectivity index (χ2n) is 5.68. The van der Waals surface area contributed by atoms with E-state index in [2.05, 4.69) is 4.98 Å². The fourth-order valence-electron chi connectivity index (χ4n) is 2.48. The van der Waals surface area contributed by atoms with Crippen LogP contribution in [0.3, 0.4) is 0 Å². The molecule has 0 unspecified atom stereocenters. The molecule has 1 atom stereocenters. The summed E-state index contributed by atoms with van der Waals surface area (Å²) < 4.78 is 29.4. The first-order valence-corrected chi connectivity index (χ1v) is 9.63. The van der Waals surface area contributed by atoms with Crippen molar-refractivity contribution in [3.05, 3.63) is 36.8 Å². The molecular weight excluding hydrogens is 318 g/mol. The lowest BCUT2D eigenvalue weighted by atomic mass is 10.3. The van der Waals surface area contributed by atoms with Gasteiger partial charge in [-0.3, -0.25) is 4.31 Å². The largest absolute Gasteiger partial charge is 0.334 e. The molecule has 7 heteroatoms. The maximum Gasteiger partial charge on any atom is 0.283 e. The number of aromatic nitrogens is 2. The van der Waals surface area contributed by atoms with Crippen molar-refractivity contribution in [3.63, 3.8) is 0 Å². The Labute approximate surface area is 135 Å². The summed E-state index contributed by atoms with van der Waals surface area (Å²) in [4.78, 5) is 5.11. The Kier molecular flexibility index (Phi) is 3.94. The molecule has 0 bridgehead atoms. The van der Waals surface area contributed by atoms with Crippen LogP contribution in [0.4, 0.5) is 5.69 Å². The van der Waals surface area contributed by atoms with Crippen molar-refractivity contribution >= 4 is 27.5 Å². The van der Waals surface area contributed by atoms with Crippen LogP contribution in [0, 0.1) is 0 Å². The fourth-order valence-corrected chi connectivity index (χ4v) is 5.29. The maximum absolute atomic E-state index is 13.0. The second-order valence-corrected chi connectivity index (χ2v) is 8.51. The van der Waals surface area contributed by atoms with E-state index < -0.39 is 10.0 Å². The maximum atomic E-state index is 13.0. The van der Waals surface area contributed by atoms with Crippen LogP contribution in [0.1, 0.15) is 26.8 Å². The first kappa shape index (κ1) is 15.4. The van der Waals surface area contributed by atoms with Gasteiger partial charge in [0.1, 0.15) is 0 Å². The van der Waals surface area contributed by atoms with Crippen LogP contribution in [0.5, 0.6) is 0 Å². The van der Waals surface area contributed by atoms with Crippen LogP contribution in [0.25, 0.3) is 0 Å². The zero-order valence-electron chi connectivity index (χ0n) is 12.8. The van der Waals surface area contributed by atoms with E-state index in [1.165, 1.54) is 4.31 Å². The molecule has 0 N–H and O–H groups in total. The van der Waals surface area contributed by atoms with E-state index >= 15 is 0 Å². The van der Waals surface area contributed by atoms with E-state index in [-0.39, 0.29) is 17.1 Å². The Bertz CT molecular complexity index is 784. The smallest absolute Gasteiger partial charge is 0.283 e. The average Bonchev–Trinajstić information content (AvgIpc) is 2.97. The molecule has 118 valence electrons. The number of para-hydroxylation sites is 1. The Morgan fingerprint density at radius 2 is 2.05 bits per heavy atom. The summed E-state index contributed by atoms with van der Waals surface area (Å²) in [6.45, 7) is 5.92. The zero-order valence-corrected chi connectivity index (χ0v) is 14.4. The second kappa shape index (κ2) is 5.62. The van der Waals surface area contributed by atoms with E-state index in [0.29, 0.717) is 0 Å². The van der Waals surface area contributed by atoms with Gasteiger partial charge in [0, 0.05) is 22.9 Å². The van der Waals surface area contributed by atoms with Gasteiger partial charge in [-0.1, -0.05) is 12.1 Å². The van der Waals surface area contributed by atoms with Gasteiger partial charge >= 0.3 is 0 Å². The quantitative estimate of drug-likeness (QED) is 0.863. The van der Waals surface area contributed by atoms with Crippen molar-refractivity contribution in [1.82, 2.24) is 9.55 Å². The molecule has 0 fully saturated rings. The number of sulfonamides is 1. The highest BCUT2D eigenvalue weighted by Crippen LogP contribution is 2.40. The van der Waals surface area contributed by atoms with Crippen molar-refractivity contribution in [2.75, 3.05) is 10.1 Å². The van der Waals surface area contributed by atoms with E-state index in [4.69, 9.17) is 0 Å². The highest BCUT2D eigenvalue weighted by molar-refractivity contribution is 8.00. The molecule has 1 aliphatic heterocycles. The lowest BCUT2D eigenvalue weighted by Crippen LogP contribution is -2.42. The van der Waals surface area contributed by atoms with Gasteiger partial charge in [-0.05, 0) is 32.9 Å². The molecule has 0 amide bonds. The first-order valence-electron chi connectivity index (χ1n) is 7.21. The van der Waals surface area contributed by atoms with Crippen LogP contribution in [0.2, 0.25) is 0 Å². The third kappa shape index (κ3) is 2.52. The minimum atomic E-state index is -3.65. The van der Waals surface area contributed by atoms with Gasteiger partial charge in [0.25, 0.3) is 10.0 Å². The van der Waals surface area contributed by atoms with Crippen molar-refractivity contribution in [3.8, 4) is 0 Å². The summed E-state index contributed by atoms with van der Waals surface area (Å²) in [5, 5.41) is 0.106. The molecule has 1 aromatic heterocycles. The zero-order chi connectivity index (χ0) is 15.9. The van der Waals surface area contributed by atoms with Crippen molar-refractivity contribution in [1.29, 1.82) is 0 Å². The van der Waals surface area contributed by atoms with Crippen LogP contribution in [0.15, 0.2) is 46.7 Å². The summed E-state index contributed by atoms with van der Waals surface area (Å²) in [5.74, 6) is 0.737. The monoisotopic (exact) mass is 337 g/mol. The fraction of sp³-hybridized carbons (Fsp3) is 0.400. The number of benzene rings is 1. The van der Waals surface area contributed by atoms with Gasteiger partial charge in [0.15, 0.2) is 5.03 Å². The molecular formula is C15H19N3O2S2. The van der Waals surface area contributed by atoms with Gasteiger partial charge in [0.05, 0.1) is 18.1 Å².